The SMILES string of the molecule is CC1CCCC(n2c(CO)nc3cc(N)ccc32)CC1. The Hall–Kier alpha value is -1.55. The normalized spacial score (nSPS) is 23.9. The molecule has 1 aliphatic rings. The van der Waals surface area contributed by atoms with E-state index < -0.39 is 0 Å². The van der Waals surface area contributed by atoms with Gasteiger partial charge in [-0.2, -0.15) is 0 Å². The summed E-state index contributed by atoms with van der Waals surface area (Å²) in [5.41, 5.74) is 8.55. The average molecular weight is 273 g/mol. The molecule has 4 nitrogen and oxygen atoms in total. The molecule has 4 heteroatoms. The largest absolute Gasteiger partial charge is 0.399 e. The lowest BCUT2D eigenvalue weighted by Crippen LogP contribution is -2.12. The van der Waals surface area contributed by atoms with Gasteiger partial charge in [-0.25, -0.2) is 4.98 Å². The van der Waals surface area contributed by atoms with Crippen LogP contribution in [0.25, 0.3) is 11.0 Å². The molecule has 2 unspecified atom stereocenters. The summed E-state index contributed by atoms with van der Waals surface area (Å²) in [6, 6.07) is 6.30. The Bertz CT molecular complexity index is 605. The van der Waals surface area contributed by atoms with Crippen LogP contribution >= 0.6 is 0 Å². The van der Waals surface area contributed by atoms with Crippen molar-refractivity contribution in [3.05, 3.63) is 24.0 Å². The second-order valence-electron chi connectivity index (χ2n) is 6.07. The fourth-order valence-electron chi connectivity index (χ4n) is 3.41. The van der Waals surface area contributed by atoms with Crippen LogP contribution in [0.2, 0.25) is 0 Å². The molecular weight excluding hydrogens is 250 g/mol. The van der Waals surface area contributed by atoms with E-state index in [4.69, 9.17) is 5.73 Å². The molecule has 1 aliphatic carbocycles. The minimum absolute atomic E-state index is 0.0133. The Labute approximate surface area is 119 Å². The van der Waals surface area contributed by atoms with E-state index in [9.17, 15) is 5.11 Å². The van der Waals surface area contributed by atoms with Crippen LogP contribution in [0.15, 0.2) is 18.2 Å². The molecule has 1 heterocycles. The molecule has 0 saturated heterocycles. The zero-order chi connectivity index (χ0) is 14.1. The van der Waals surface area contributed by atoms with Gasteiger partial charge in [0, 0.05) is 11.7 Å². The predicted octanol–water partition coefficient (Wildman–Crippen LogP) is 3.25. The van der Waals surface area contributed by atoms with Crippen molar-refractivity contribution in [1.29, 1.82) is 0 Å². The summed E-state index contributed by atoms with van der Waals surface area (Å²) >= 11 is 0. The van der Waals surface area contributed by atoms with Gasteiger partial charge in [0.1, 0.15) is 12.4 Å². The first-order chi connectivity index (χ1) is 9.69. The summed E-state index contributed by atoms with van der Waals surface area (Å²) < 4.78 is 2.24. The highest BCUT2D eigenvalue weighted by Crippen LogP contribution is 2.34. The fourth-order valence-corrected chi connectivity index (χ4v) is 3.41. The van der Waals surface area contributed by atoms with Gasteiger partial charge in [-0.1, -0.05) is 19.8 Å². The number of nitrogens with two attached hydrogens (primary N) is 1. The van der Waals surface area contributed by atoms with Crippen LogP contribution in [-0.4, -0.2) is 14.7 Å². The third kappa shape index (κ3) is 2.40. The van der Waals surface area contributed by atoms with Gasteiger partial charge in [0.05, 0.1) is 11.0 Å². The van der Waals surface area contributed by atoms with Gasteiger partial charge in [0.25, 0.3) is 0 Å². The second kappa shape index (κ2) is 5.44. The van der Waals surface area contributed by atoms with E-state index in [0.29, 0.717) is 6.04 Å². The van der Waals surface area contributed by atoms with Crippen molar-refractivity contribution in [3.8, 4) is 0 Å². The van der Waals surface area contributed by atoms with Crippen LogP contribution in [0.3, 0.4) is 0 Å². The monoisotopic (exact) mass is 273 g/mol. The van der Waals surface area contributed by atoms with E-state index in [0.717, 1.165) is 28.5 Å². The molecule has 2 aromatic rings. The van der Waals surface area contributed by atoms with Gasteiger partial charge in [-0.05, 0) is 43.4 Å². The van der Waals surface area contributed by atoms with Crippen LogP contribution in [0.5, 0.6) is 0 Å². The smallest absolute Gasteiger partial charge is 0.135 e. The first-order valence-corrected chi connectivity index (χ1v) is 7.56. The Kier molecular flexibility index (Phi) is 3.66. The highest BCUT2D eigenvalue weighted by molar-refractivity contribution is 5.79. The number of aromatic nitrogens is 2. The number of hydrogen-bond acceptors (Lipinski definition) is 3. The van der Waals surface area contributed by atoms with Gasteiger partial charge in [0.15, 0.2) is 0 Å². The van der Waals surface area contributed by atoms with Crippen LogP contribution in [0.1, 0.15) is 50.9 Å². The van der Waals surface area contributed by atoms with Crippen LogP contribution in [-0.2, 0) is 6.61 Å². The zero-order valence-electron chi connectivity index (χ0n) is 12.0. The second-order valence-corrected chi connectivity index (χ2v) is 6.07. The molecular formula is C16H23N3O. The van der Waals surface area contributed by atoms with E-state index >= 15 is 0 Å². The molecule has 0 spiro atoms. The molecule has 1 fully saturated rings. The number of benzene rings is 1. The fraction of sp³-hybridized carbons (Fsp3) is 0.562. The number of aliphatic hydroxyl groups excluding tert-OH is 1. The minimum atomic E-state index is -0.0133. The van der Waals surface area contributed by atoms with E-state index in [2.05, 4.69) is 16.5 Å². The Balaban J connectivity index is 2.04. The number of imidazole rings is 1. The maximum atomic E-state index is 9.63. The maximum absolute atomic E-state index is 9.63. The van der Waals surface area contributed by atoms with Crippen molar-refractivity contribution in [1.82, 2.24) is 9.55 Å². The number of nitrogens with zero attached hydrogens (tertiary/aromatic N) is 2. The number of anilines is 1. The van der Waals surface area contributed by atoms with Crippen molar-refractivity contribution in [2.24, 2.45) is 5.92 Å². The van der Waals surface area contributed by atoms with Gasteiger partial charge >= 0.3 is 0 Å². The third-order valence-corrected chi connectivity index (χ3v) is 4.52. The van der Waals surface area contributed by atoms with Gasteiger partial charge in [-0.15, -0.1) is 0 Å². The van der Waals surface area contributed by atoms with E-state index in [1.807, 2.05) is 18.2 Å². The highest BCUT2D eigenvalue weighted by Gasteiger charge is 2.22. The van der Waals surface area contributed by atoms with Crippen molar-refractivity contribution in [2.75, 3.05) is 5.73 Å². The van der Waals surface area contributed by atoms with Gasteiger partial charge in [-0.3, -0.25) is 0 Å². The zero-order valence-corrected chi connectivity index (χ0v) is 12.0. The number of aliphatic hydroxyl groups is 1. The first kappa shape index (κ1) is 13.4. The van der Waals surface area contributed by atoms with Crippen LogP contribution in [0.4, 0.5) is 5.69 Å². The summed E-state index contributed by atoms with van der Waals surface area (Å²) in [6.45, 7) is 2.32. The van der Waals surface area contributed by atoms with Gasteiger partial charge < -0.3 is 15.4 Å². The van der Waals surface area contributed by atoms with Crippen molar-refractivity contribution in [2.45, 2.75) is 51.7 Å². The third-order valence-electron chi connectivity index (χ3n) is 4.52. The molecule has 1 saturated carbocycles. The molecule has 0 aliphatic heterocycles. The summed E-state index contributed by atoms with van der Waals surface area (Å²) in [5.74, 6) is 1.58. The predicted molar refractivity (Wildman–Crippen MR) is 81.4 cm³/mol. The lowest BCUT2D eigenvalue weighted by Gasteiger charge is -2.19. The Morgan fingerprint density at radius 2 is 2.15 bits per heavy atom. The topological polar surface area (TPSA) is 64.1 Å². The van der Waals surface area contributed by atoms with Crippen LogP contribution in [0, 0.1) is 5.92 Å². The van der Waals surface area contributed by atoms with E-state index in [1.54, 1.807) is 0 Å². The van der Waals surface area contributed by atoms with Crippen molar-refractivity contribution < 1.29 is 5.11 Å². The molecule has 2 atom stereocenters. The molecule has 0 amide bonds. The summed E-state index contributed by atoms with van der Waals surface area (Å²) in [7, 11) is 0. The molecule has 20 heavy (non-hydrogen) atoms. The molecule has 0 bridgehead atoms. The summed E-state index contributed by atoms with van der Waals surface area (Å²) in [5, 5.41) is 9.63. The molecule has 3 rings (SSSR count). The van der Waals surface area contributed by atoms with Crippen molar-refractivity contribution >= 4 is 16.7 Å². The summed E-state index contributed by atoms with van der Waals surface area (Å²) in [6.07, 6.45) is 6.16. The number of fused-ring (bicyclic) bond motifs is 1. The molecule has 1 aromatic heterocycles. The van der Waals surface area contributed by atoms with Gasteiger partial charge in [0.2, 0.25) is 0 Å². The first-order valence-electron chi connectivity index (χ1n) is 7.56. The van der Waals surface area contributed by atoms with E-state index in [-0.39, 0.29) is 6.61 Å². The number of nitrogen functional groups attached to an aromatic ring is 1. The molecule has 108 valence electrons. The Morgan fingerprint density at radius 3 is 2.95 bits per heavy atom. The number of hydrogen-bond donors (Lipinski definition) is 2. The van der Waals surface area contributed by atoms with Crippen LogP contribution < -0.4 is 5.73 Å². The summed E-state index contributed by atoms with van der Waals surface area (Å²) in [4.78, 5) is 4.55. The lowest BCUT2D eigenvalue weighted by molar-refractivity contribution is 0.258. The quantitative estimate of drug-likeness (QED) is 0.652. The maximum Gasteiger partial charge on any atom is 0.135 e. The minimum Gasteiger partial charge on any atom is -0.399 e. The van der Waals surface area contributed by atoms with E-state index in [1.165, 1.54) is 32.1 Å². The number of rotatable bonds is 2. The molecule has 0 radical (unpaired) electrons. The standard InChI is InChI=1S/C16H23N3O/c1-11-3-2-4-13(7-5-11)19-15-8-6-12(17)9-14(15)18-16(19)10-20/h6,8-9,11,13,20H,2-5,7,10,17H2,1H3. The van der Waals surface area contributed by atoms with Crippen molar-refractivity contribution in [3.63, 3.8) is 0 Å². The Morgan fingerprint density at radius 1 is 1.30 bits per heavy atom. The molecule has 1 aromatic carbocycles. The lowest BCUT2D eigenvalue weighted by atomic mass is 10.0. The molecule has 3 N–H and O–H groups in total. The average Bonchev–Trinajstić information content (AvgIpc) is 2.66. The highest BCUT2D eigenvalue weighted by atomic mass is 16.3.